The summed E-state index contributed by atoms with van der Waals surface area (Å²) in [5.74, 6) is -0.144. The van der Waals surface area contributed by atoms with Crippen LogP contribution in [0.4, 0.5) is 22.0 Å². The second kappa shape index (κ2) is 5.44. The fourth-order valence-corrected chi connectivity index (χ4v) is 1.64. The maximum atomic E-state index is 12.4. The molecule has 0 spiro atoms. The number of hydrogen-bond donors (Lipinski definition) is 0. The van der Waals surface area contributed by atoms with Crippen LogP contribution < -0.4 is 4.74 Å². The monoisotopic (exact) mass is 289 g/mol. The first-order valence-electron chi connectivity index (χ1n) is 5.44. The first-order valence-corrected chi connectivity index (χ1v) is 5.44. The number of nitrogens with zero attached hydrogens (tertiary/aromatic N) is 1. The molecule has 0 fully saturated rings. The highest BCUT2D eigenvalue weighted by Gasteiger charge is 2.30. The molecule has 0 amide bonds. The number of ether oxygens (including phenoxy) is 1. The molecule has 0 unspecified atom stereocenters. The second-order valence-corrected chi connectivity index (χ2v) is 3.83. The minimum atomic E-state index is -4.45. The van der Waals surface area contributed by atoms with Crippen LogP contribution in [0.15, 0.2) is 42.7 Å². The van der Waals surface area contributed by atoms with Crippen molar-refractivity contribution in [3.63, 3.8) is 0 Å². The summed E-state index contributed by atoms with van der Waals surface area (Å²) in [7, 11) is 0. The third kappa shape index (κ3) is 3.23. The zero-order valence-corrected chi connectivity index (χ0v) is 9.86. The summed E-state index contributed by atoms with van der Waals surface area (Å²) in [6.07, 6.45) is -1.94. The lowest BCUT2D eigenvalue weighted by Gasteiger charge is -2.11. The normalized spacial score (nSPS) is 11.7. The Kier molecular flexibility index (Phi) is 3.87. The number of alkyl halides is 5. The van der Waals surface area contributed by atoms with E-state index in [1.807, 2.05) is 0 Å². The fraction of sp³-hybridized carbons (Fsp3) is 0.154. The fourth-order valence-electron chi connectivity index (χ4n) is 1.64. The molecule has 0 N–H and O–H groups in total. The molecule has 106 valence electrons. The Labute approximate surface area is 110 Å². The zero-order valence-electron chi connectivity index (χ0n) is 9.86. The van der Waals surface area contributed by atoms with Crippen LogP contribution in [0.3, 0.4) is 0 Å². The maximum absolute atomic E-state index is 12.4. The van der Waals surface area contributed by atoms with E-state index in [0.717, 1.165) is 12.1 Å². The summed E-state index contributed by atoms with van der Waals surface area (Å²) in [5, 5.41) is 0. The van der Waals surface area contributed by atoms with Gasteiger partial charge in [0, 0.05) is 18.0 Å². The molecule has 0 bridgehead atoms. The Morgan fingerprint density at radius 3 is 2.20 bits per heavy atom. The van der Waals surface area contributed by atoms with E-state index < -0.39 is 18.4 Å². The average molecular weight is 289 g/mol. The molecule has 0 aliphatic rings. The van der Waals surface area contributed by atoms with E-state index in [1.165, 1.54) is 30.6 Å². The van der Waals surface area contributed by atoms with Crippen LogP contribution in [0, 0.1) is 0 Å². The Morgan fingerprint density at radius 2 is 1.65 bits per heavy atom. The quantitative estimate of drug-likeness (QED) is 0.783. The van der Waals surface area contributed by atoms with Crippen molar-refractivity contribution in [3.8, 4) is 16.9 Å². The molecule has 20 heavy (non-hydrogen) atoms. The van der Waals surface area contributed by atoms with E-state index in [4.69, 9.17) is 0 Å². The summed E-state index contributed by atoms with van der Waals surface area (Å²) in [6, 6.07) is 5.32. The lowest BCUT2D eigenvalue weighted by atomic mass is 10.0. The van der Waals surface area contributed by atoms with Gasteiger partial charge in [-0.1, -0.05) is 12.1 Å². The molecule has 2 nitrogen and oxygen atoms in total. The van der Waals surface area contributed by atoms with Crippen LogP contribution in [0.2, 0.25) is 0 Å². The highest BCUT2D eigenvalue weighted by molar-refractivity contribution is 5.69. The number of pyridine rings is 1. The highest BCUT2D eigenvalue weighted by Crippen LogP contribution is 2.33. The summed E-state index contributed by atoms with van der Waals surface area (Å²) in [6.45, 7) is -3.02. The molecular formula is C13H8F5NO. The molecule has 1 heterocycles. The van der Waals surface area contributed by atoms with Crippen LogP contribution in [-0.4, -0.2) is 11.6 Å². The van der Waals surface area contributed by atoms with Gasteiger partial charge in [-0.05, 0) is 23.8 Å². The Bertz CT molecular complexity index is 580. The van der Waals surface area contributed by atoms with Gasteiger partial charge >= 0.3 is 12.8 Å². The molecule has 0 atom stereocenters. The second-order valence-electron chi connectivity index (χ2n) is 3.83. The van der Waals surface area contributed by atoms with Crippen LogP contribution >= 0.6 is 0 Å². The lowest BCUT2D eigenvalue weighted by molar-refractivity contribution is -0.137. The summed E-state index contributed by atoms with van der Waals surface area (Å²) in [5.41, 5.74) is -0.315. The standard InChI is InChI=1S/C13H8F5NO/c14-12(15)20-11-5-6-19-7-10(11)8-1-3-9(4-2-8)13(16,17)18/h1-7,12H. The molecule has 2 rings (SSSR count). The van der Waals surface area contributed by atoms with E-state index in [2.05, 4.69) is 9.72 Å². The van der Waals surface area contributed by atoms with Gasteiger partial charge in [0.25, 0.3) is 0 Å². The van der Waals surface area contributed by atoms with Gasteiger partial charge in [0.05, 0.1) is 5.56 Å². The van der Waals surface area contributed by atoms with Gasteiger partial charge in [-0.3, -0.25) is 4.98 Å². The SMILES string of the molecule is FC(F)Oc1ccncc1-c1ccc(C(F)(F)F)cc1. The van der Waals surface area contributed by atoms with Crippen molar-refractivity contribution in [2.24, 2.45) is 0 Å². The Balaban J connectivity index is 2.37. The molecule has 1 aromatic carbocycles. The molecule has 0 radical (unpaired) electrons. The highest BCUT2D eigenvalue weighted by atomic mass is 19.4. The van der Waals surface area contributed by atoms with Crippen LogP contribution in [0.25, 0.3) is 11.1 Å². The molecule has 0 aliphatic heterocycles. The first kappa shape index (κ1) is 14.2. The Morgan fingerprint density at radius 1 is 1.00 bits per heavy atom. The van der Waals surface area contributed by atoms with Gasteiger partial charge in [0.1, 0.15) is 5.75 Å². The lowest BCUT2D eigenvalue weighted by Crippen LogP contribution is -2.05. The summed E-state index contributed by atoms with van der Waals surface area (Å²) in [4.78, 5) is 3.75. The van der Waals surface area contributed by atoms with Crippen molar-refractivity contribution in [2.45, 2.75) is 12.8 Å². The number of aromatic nitrogens is 1. The van der Waals surface area contributed by atoms with E-state index in [0.29, 0.717) is 5.56 Å². The minimum Gasteiger partial charge on any atom is -0.434 e. The molecule has 7 heteroatoms. The van der Waals surface area contributed by atoms with Crippen molar-refractivity contribution >= 4 is 0 Å². The molecule has 2 aromatic rings. The predicted octanol–water partition coefficient (Wildman–Crippen LogP) is 4.37. The van der Waals surface area contributed by atoms with Gasteiger partial charge in [-0.25, -0.2) is 0 Å². The number of benzene rings is 1. The molecule has 0 aliphatic carbocycles. The van der Waals surface area contributed by atoms with E-state index in [-0.39, 0.29) is 11.3 Å². The summed E-state index contributed by atoms with van der Waals surface area (Å²) >= 11 is 0. The van der Waals surface area contributed by atoms with E-state index in [9.17, 15) is 22.0 Å². The smallest absolute Gasteiger partial charge is 0.416 e. The van der Waals surface area contributed by atoms with Crippen LogP contribution in [0.1, 0.15) is 5.56 Å². The Hall–Kier alpha value is -2.18. The minimum absolute atomic E-state index is 0.144. The van der Waals surface area contributed by atoms with E-state index >= 15 is 0 Å². The molecule has 1 aromatic heterocycles. The maximum Gasteiger partial charge on any atom is 0.416 e. The van der Waals surface area contributed by atoms with Gasteiger partial charge in [0.15, 0.2) is 0 Å². The van der Waals surface area contributed by atoms with Gasteiger partial charge in [-0.15, -0.1) is 0 Å². The van der Waals surface area contributed by atoms with Crippen molar-refractivity contribution < 1.29 is 26.7 Å². The van der Waals surface area contributed by atoms with E-state index in [1.54, 1.807) is 0 Å². The van der Waals surface area contributed by atoms with Crippen molar-refractivity contribution in [2.75, 3.05) is 0 Å². The number of rotatable bonds is 3. The van der Waals surface area contributed by atoms with Crippen molar-refractivity contribution in [1.82, 2.24) is 4.98 Å². The molecule has 0 saturated carbocycles. The third-order valence-electron chi connectivity index (χ3n) is 2.52. The third-order valence-corrected chi connectivity index (χ3v) is 2.52. The van der Waals surface area contributed by atoms with Crippen LogP contribution in [0.5, 0.6) is 5.75 Å². The summed E-state index contributed by atoms with van der Waals surface area (Å²) < 4.78 is 66.1. The van der Waals surface area contributed by atoms with Gasteiger partial charge in [-0.2, -0.15) is 22.0 Å². The van der Waals surface area contributed by atoms with Crippen LogP contribution in [-0.2, 0) is 6.18 Å². The van der Waals surface area contributed by atoms with Crippen molar-refractivity contribution in [1.29, 1.82) is 0 Å². The topological polar surface area (TPSA) is 22.1 Å². The first-order chi connectivity index (χ1) is 9.38. The largest absolute Gasteiger partial charge is 0.434 e. The van der Waals surface area contributed by atoms with Gasteiger partial charge in [0.2, 0.25) is 0 Å². The van der Waals surface area contributed by atoms with Crippen molar-refractivity contribution in [3.05, 3.63) is 48.3 Å². The molecular weight excluding hydrogens is 281 g/mol. The zero-order chi connectivity index (χ0) is 14.8. The predicted molar refractivity (Wildman–Crippen MR) is 61.3 cm³/mol. The number of hydrogen-bond acceptors (Lipinski definition) is 2. The number of halogens is 5. The molecule has 0 saturated heterocycles. The average Bonchev–Trinajstić information content (AvgIpc) is 2.38. The van der Waals surface area contributed by atoms with Gasteiger partial charge < -0.3 is 4.74 Å².